The van der Waals surface area contributed by atoms with Crippen molar-refractivity contribution in [2.24, 2.45) is 5.92 Å². The van der Waals surface area contributed by atoms with Crippen molar-refractivity contribution < 1.29 is 0 Å². The summed E-state index contributed by atoms with van der Waals surface area (Å²) in [6.45, 7) is 4.47. The van der Waals surface area contributed by atoms with E-state index in [0.29, 0.717) is 6.04 Å². The average molecular weight is 357 g/mol. The molecule has 0 radical (unpaired) electrons. The Labute approximate surface area is 125 Å². The molecule has 0 heterocycles. The molecule has 18 heavy (non-hydrogen) atoms. The van der Waals surface area contributed by atoms with E-state index in [9.17, 15) is 0 Å². The molecule has 0 amide bonds. The second-order valence-corrected chi connectivity index (χ2v) is 6.78. The van der Waals surface area contributed by atoms with Crippen molar-refractivity contribution in [2.45, 2.75) is 58.4 Å². The van der Waals surface area contributed by atoms with Gasteiger partial charge in [-0.25, -0.2) is 0 Å². The van der Waals surface area contributed by atoms with Crippen LogP contribution in [0.15, 0.2) is 18.2 Å². The third-order valence-electron chi connectivity index (χ3n) is 4.09. The normalized spacial score (nSPS) is 23.9. The second-order valence-electron chi connectivity index (χ2n) is 5.61. The SMILES string of the molecule is CCCC1CCC(Nc2ccc(C)c(I)c2)CC1. The van der Waals surface area contributed by atoms with Gasteiger partial charge in [0.1, 0.15) is 0 Å². The summed E-state index contributed by atoms with van der Waals surface area (Å²) in [4.78, 5) is 0. The van der Waals surface area contributed by atoms with Crippen molar-refractivity contribution in [2.75, 3.05) is 5.32 Å². The Hall–Kier alpha value is -0.250. The molecule has 1 nitrogen and oxygen atoms in total. The first kappa shape index (κ1) is 14.2. The van der Waals surface area contributed by atoms with Crippen molar-refractivity contribution in [3.05, 3.63) is 27.3 Å². The molecule has 100 valence electrons. The molecule has 1 N–H and O–H groups in total. The zero-order valence-electron chi connectivity index (χ0n) is 11.5. The minimum absolute atomic E-state index is 0.691. The predicted octanol–water partition coefficient (Wildman–Crippen LogP) is 5.37. The standard InChI is InChI=1S/C16H24IN/c1-3-4-13-6-9-14(10-7-13)18-15-8-5-12(2)16(17)11-15/h5,8,11,13-14,18H,3-4,6-7,9-10H2,1-2H3. The summed E-state index contributed by atoms with van der Waals surface area (Å²) in [5, 5.41) is 3.71. The van der Waals surface area contributed by atoms with Gasteiger partial charge in [0.25, 0.3) is 0 Å². The number of hydrogen-bond acceptors (Lipinski definition) is 1. The Kier molecular flexibility index (Phi) is 5.34. The van der Waals surface area contributed by atoms with Gasteiger partial charge in [0.05, 0.1) is 0 Å². The summed E-state index contributed by atoms with van der Waals surface area (Å²) in [5.41, 5.74) is 2.66. The molecule has 1 aromatic carbocycles. The van der Waals surface area contributed by atoms with Gasteiger partial charge in [-0.15, -0.1) is 0 Å². The number of aryl methyl sites for hydroxylation is 1. The Bertz CT molecular complexity index is 381. The van der Waals surface area contributed by atoms with Crippen LogP contribution in [-0.2, 0) is 0 Å². The Morgan fingerprint density at radius 2 is 1.94 bits per heavy atom. The van der Waals surface area contributed by atoms with Crippen LogP contribution >= 0.6 is 22.6 Å². The fraction of sp³-hybridized carbons (Fsp3) is 0.625. The van der Waals surface area contributed by atoms with E-state index in [-0.39, 0.29) is 0 Å². The van der Waals surface area contributed by atoms with E-state index in [1.807, 2.05) is 0 Å². The maximum Gasteiger partial charge on any atom is 0.0353 e. The summed E-state index contributed by atoms with van der Waals surface area (Å²) in [7, 11) is 0. The first-order valence-electron chi connectivity index (χ1n) is 7.21. The maximum atomic E-state index is 3.71. The lowest BCUT2D eigenvalue weighted by Gasteiger charge is -2.29. The third kappa shape index (κ3) is 3.87. The molecule has 1 aromatic rings. The van der Waals surface area contributed by atoms with Crippen molar-refractivity contribution in [1.82, 2.24) is 0 Å². The number of anilines is 1. The summed E-state index contributed by atoms with van der Waals surface area (Å²) < 4.78 is 1.36. The van der Waals surface area contributed by atoms with E-state index in [4.69, 9.17) is 0 Å². The van der Waals surface area contributed by atoms with Crippen LogP contribution in [0, 0.1) is 16.4 Å². The smallest absolute Gasteiger partial charge is 0.0353 e. The van der Waals surface area contributed by atoms with Crippen molar-refractivity contribution in [1.29, 1.82) is 0 Å². The highest BCUT2D eigenvalue weighted by Gasteiger charge is 2.20. The highest BCUT2D eigenvalue weighted by atomic mass is 127. The van der Waals surface area contributed by atoms with Crippen molar-refractivity contribution >= 4 is 28.3 Å². The quantitative estimate of drug-likeness (QED) is 0.715. The molecule has 2 rings (SSSR count). The summed E-state index contributed by atoms with van der Waals surface area (Å²) >= 11 is 2.42. The Morgan fingerprint density at radius 1 is 1.22 bits per heavy atom. The zero-order valence-corrected chi connectivity index (χ0v) is 13.7. The molecular formula is C16H24IN. The van der Waals surface area contributed by atoms with Gasteiger partial charge in [-0.05, 0) is 78.8 Å². The first-order valence-corrected chi connectivity index (χ1v) is 8.29. The van der Waals surface area contributed by atoms with E-state index in [1.165, 1.54) is 53.3 Å². The number of rotatable bonds is 4. The minimum Gasteiger partial charge on any atom is -0.382 e. The molecule has 0 bridgehead atoms. The average Bonchev–Trinajstić information content (AvgIpc) is 2.37. The molecule has 0 aliphatic heterocycles. The number of benzene rings is 1. The molecule has 0 unspecified atom stereocenters. The number of hydrogen-bond donors (Lipinski definition) is 1. The molecule has 0 atom stereocenters. The molecule has 1 aliphatic carbocycles. The predicted molar refractivity (Wildman–Crippen MR) is 88.2 cm³/mol. The van der Waals surface area contributed by atoms with Gasteiger partial charge in [0.2, 0.25) is 0 Å². The Balaban J connectivity index is 1.85. The monoisotopic (exact) mass is 357 g/mol. The summed E-state index contributed by atoms with van der Waals surface area (Å²) in [5.74, 6) is 0.992. The molecule has 0 aromatic heterocycles. The lowest BCUT2D eigenvalue weighted by Crippen LogP contribution is -2.26. The van der Waals surface area contributed by atoms with E-state index < -0.39 is 0 Å². The van der Waals surface area contributed by atoms with Gasteiger partial charge in [-0.1, -0.05) is 25.8 Å². The highest BCUT2D eigenvalue weighted by molar-refractivity contribution is 14.1. The molecule has 2 heteroatoms. The van der Waals surface area contributed by atoms with Crippen LogP contribution < -0.4 is 5.32 Å². The van der Waals surface area contributed by atoms with Crippen LogP contribution in [0.25, 0.3) is 0 Å². The second kappa shape index (κ2) is 6.78. The summed E-state index contributed by atoms with van der Waals surface area (Å²) in [6, 6.07) is 7.40. The third-order valence-corrected chi connectivity index (χ3v) is 5.25. The lowest BCUT2D eigenvalue weighted by molar-refractivity contribution is 0.319. The molecule has 0 saturated heterocycles. The summed E-state index contributed by atoms with van der Waals surface area (Å²) in [6.07, 6.45) is 8.28. The van der Waals surface area contributed by atoms with Crippen molar-refractivity contribution in [3.8, 4) is 0 Å². The topological polar surface area (TPSA) is 12.0 Å². The van der Waals surface area contributed by atoms with Gasteiger partial charge >= 0.3 is 0 Å². The van der Waals surface area contributed by atoms with Crippen molar-refractivity contribution in [3.63, 3.8) is 0 Å². The van der Waals surface area contributed by atoms with Gasteiger partial charge in [-0.2, -0.15) is 0 Å². The van der Waals surface area contributed by atoms with Gasteiger partial charge in [0.15, 0.2) is 0 Å². The number of nitrogens with one attached hydrogen (secondary N) is 1. The maximum absolute atomic E-state index is 3.71. The van der Waals surface area contributed by atoms with Gasteiger partial charge < -0.3 is 5.32 Å². The van der Waals surface area contributed by atoms with E-state index >= 15 is 0 Å². The fourth-order valence-corrected chi connectivity index (χ4v) is 3.44. The van der Waals surface area contributed by atoms with Crippen LogP contribution in [0.1, 0.15) is 51.0 Å². The largest absolute Gasteiger partial charge is 0.382 e. The molecule has 1 fully saturated rings. The molecule has 0 spiro atoms. The van der Waals surface area contributed by atoms with E-state index in [1.54, 1.807) is 0 Å². The van der Waals surface area contributed by atoms with Crippen LogP contribution in [0.5, 0.6) is 0 Å². The van der Waals surface area contributed by atoms with Crippen LogP contribution in [0.3, 0.4) is 0 Å². The van der Waals surface area contributed by atoms with Gasteiger partial charge in [0, 0.05) is 15.3 Å². The molecule has 1 saturated carbocycles. The lowest BCUT2D eigenvalue weighted by atomic mass is 9.83. The Morgan fingerprint density at radius 3 is 2.56 bits per heavy atom. The molecule has 1 aliphatic rings. The van der Waals surface area contributed by atoms with Crippen LogP contribution in [-0.4, -0.2) is 6.04 Å². The van der Waals surface area contributed by atoms with Gasteiger partial charge in [-0.3, -0.25) is 0 Å². The highest BCUT2D eigenvalue weighted by Crippen LogP contribution is 2.29. The van der Waals surface area contributed by atoms with E-state index in [2.05, 4.69) is 60.0 Å². The fourth-order valence-electron chi connectivity index (χ4n) is 2.92. The molecular weight excluding hydrogens is 333 g/mol. The van der Waals surface area contributed by atoms with E-state index in [0.717, 1.165) is 5.92 Å². The van der Waals surface area contributed by atoms with Crippen LogP contribution in [0.4, 0.5) is 5.69 Å². The first-order chi connectivity index (χ1) is 8.69. The number of halogens is 1. The zero-order chi connectivity index (χ0) is 13.0. The van der Waals surface area contributed by atoms with Crippen LogP contribution in [0.2, 0.25) is 0 Å². The minimum atomic E-state index is 0.691.